The summed E-state index contributed by atoms with van der Waals surface area (Å²) in [5.41, 5.74) is 6.57. The Labute approximate surface area is 102 Å². The number of anilines is 1. The van der Waals surface area contributed by atoms with Crippen molar-refractivity contribution in [3.63, 3.8) is 0 Å². The lowest BCUT2D eigenvalue weighted by molar-refractivity contribution is 0.0946. The van der Waals surface area contributed by atoms with Crippen molar-refractivity contribution in [1.82, 2.24) is 10.3 Å². The first-order chi connectivity index (χ1) is 8.25. The van der Waals surface area contributed by atoms with Crippen molar-refractivity contribution in [3.05, 3.63) is 24.0 Å². The largest absolute Gasteiger partial charge is 0.399 e. The summed E-state index contributed by atoms with van der Waals surface area (Å²) < 4.78 is 0. The van der Waals surface area contributed by atoms with Gasteiger partial charge < -0.3 is 11.1 Å². The molecule has 0 bridgehead atoms. The summed E-state index contributed by atoms with van der Waals surface area (Å²) in [5.74, 6) is 0.666. The molecule has 0 atom stereocenters. The molecule has 0 spiro atoms. The highest BCUT2D eigenvalue weighted by Crippen LogP contribution is 2.26. The maximum atomic E-state index is 11.7. The number of rotatable bonds is 4. The topological polar surface area (TPSA) is 68.0 Å². The molecule has 1 fully saturated rings. The fourth-order valence-electron chi connectivity index (χ4n) is 2.35. The van der Waals surface area contributed by atoms with Crippen LogP contribution in [0.15, 0.2) is 18.3 Å². The van der Waals surface area contributed by atoms with Crippen molar-refractivity contribution < 1.29 is 4.79 Å². The van der Waals surface area contributed by atoms with Gasteiger partial charge in [-0.1, -0.05) is 25.7 Å². The van der Waals surface area contributed by atoms with Gasteiger partial charge in [-0.05, 0) is 24.5 Å². The van der Waals surface area contributed by atoms with Crippen LogP contribution in [0, 0.1) is 5.92 Å². The van der Waals surface area contributed by atoms with Crippen LogP contribution in [0.1, 0.15) is 42.6 Å². The average Bonchev–Trinajstić information content (AvgIpc) is 2.82. The summed E-state index contributed by atoms with van der Waals surface area (Å²) >= 11 is 0. The van der Waals surface area contributed by atoms with Crippen LogP contribution in [0.5, 0.6) is 0 Å². The van der Waals surface area contributed by atoms with Crippen molar-refractivity contribution in [3.8, 4) is 0 Å². The number of hydrogen-bond acceptors (Lipinski definition) is 3. The lowest BCUT2D eigenvalue weighted by Gasteiger charge is -2.09. The number of hydrogen-bond donors (Lipinski definition) is 2. The molecule has 0 aliphatic heterocycles. The van der Waals surface area contributed by atoms with Crippen LogP contribution < -0.4 is 11.1 Å². The summed E-state index contributed by atoms with van der Waals surface area (Å²) in [6.07, 6.45) is 7.94. The third-order valence-corrected chi connectivity index (χ3v) is 3.33. The molecule has 3 N–H and O–H groups in total. The Kier molecular flexibility index (Phi) is 3.96. The molecule has 0 radical (unpaired) electrons. The molecule has 92 valence electrons. The Morgan fingerprint density at radius 3 is 2.94 bits per heavy atom. The first kappa shape index (κ1) is 11.9. The van der Waals surface area contributed by atoms with E-state index in [4.69, 9.17) is 5.73 Å². The summed E-state index contributed by atoms with van der Waals surface area (Å²) in [5, 5.41) is 2.90. The van der Waals surface area contributed by atoms with Crippen LogP contribution in [0.2, 0.25) is 0 Å². The zero-order chi connectivity index (χ0) is 12.1. The minimum atomic E-state index is -0.129. The second-order valence-corrected chi connectivity index (χ2v) is 4.67. The SMILES string of the molecule is Nc1ccnc(C(=O)NCCC2CCCC2)c1. The molecule has 1 aliphatic carbocycles. The van der Waals surface area contributed by atoms with Gasteiger partial charge in [0, 0.05) is 18.4 Å². The van der Waals surface area contributed by atoms with E-state index in [1.54, 1.807) is 18.3 Å². The highest BCUT2D eigenvalue weighted by atomic mass is 16.1. The van der Waals surface area contributed by atoms with Crippen molar-refractivity contribution in [2.24, 2.45) is 5.92 Å². The lowest BCUT2D eigenvalue weighted by atomic mass is 10.0. The third-order valence-electron chi connectivity index (χ3n) is 3.33. The predicted molar refractivity (Wildman–Crippen MR) is 67.6 cm³/mol. The molecule has 1 aliphatic rings. The van der Waals surface area contributed by atoms with Gasteiger partial charge in [0.05, 0.1) is 0 Å². The van der Waals surface area contributed by atoms with E-state index >= 15 is 0 Å². The van der Waals surface area contributed by atoms with E-state index in [1.165, 1.54) is 25.7 Å². The summed E-state index contributed by atoms with van der Waals surface area (Å²) in [6.45, 7) is 0.736. The number of nitrogens with two attached hydrogens (primary N) is 1. The number of nitrogens with zero attached hydrogens (tertiary/aromatic N) is 1. The Morgan fingerprint density at radius 2 is 2.24 bits per heavy atom. The smallest absolute Gasteiger partial charge is 0.269 e. The maximum absolute atomic E-state index is 11.7. The minimum Gasteiger partial charge on any atom is -0.399 e. The molecule has 1 aromatic heterocycles. The number of amides is 1. The Bertz CT molecular complexity index is 386. The van der Waals surface area contributed by atoms with Crippen LogP contribution in [-0.4, -0.2) is 17.4 Å². The Balaban J connectivity index is 1.77. The van der Waals surface area contributed by atoms with E-state index < -0.39 is 0 Å². The molecule has 1 aromatic rings. The summed E-state index contributed by atoms with van der Waals surface area (Å²) in [4.78, 5) is 15.7. The summed E-state index contributed by atoms with van der Waals surface area (Å²) in [6, 6.07) is 3.28. The minimum absolute atomic E-state index is 0.129. The monoisotopic (exact) mass is 233 g/mol. The highest BCUT2D eigenvalue weighted by molar-refractivity contribution is 5.92. The van der Waals surface area contributed by atoms with E-state index in [1.807, 2.05) is 0 Å². The molecule has 1 amide bonds. The van der Waals surface area contributed by atoms with Crippen molar-refractivity contribution in [2.75, 3.05) is 12.3 Å². The van der Waals surface area contributed by atoms with Crippen LogP contribution in [0.3, 0.4) is 0 Å². The molecular weight excluding hydrogens is 214 g/mol. The molecule has 4 nitrogen and oxygen atoms in total. The number of nitrogens with one attached hydrogen (secondary N) is 1. The third kappa shape index (κ3) is 3.44. The second-order valence-electron chi connectivity index (χ2n) is 4.67. The van der Waals surface area contributed by atoms with Gasteiger partial charge in [0.2, 0.25) is 0 Å². The number of carbonyl (C=O) groups excluding carboxylic acids is 1. The number of aromatic nitrogens is 1. The number of pyridine rings is 1. The molecule has 4 heteroatoms. The standard InChI is InChI=1S/C13H19N3O/c14-11-6-8-15-12(9-11)13(17)16-7-5-10-3-1-2-4-10/h6,8-10H,1-5,7H2,(H2,14,15)(H,16,17). The fraction of sp³-hybridized carbons (Fsp3) is 0.538. The molecule has 1 saturated carbocycles. The van der Waals surface area contributed by atoms with E-state index in [9.17, 15) is 4.79 Å². The highest BCUT2D eigenvalue weighted by Gasteiger charge is 2.15. The van der Waals surface area contributed by atoms with Gasteiger partial charge in [0.1, 0.15) is 5.69 Å². The van der Waals surface area contributed by atoms with Gasteiger partial charge in [-0.15, -0.1) is 0 Å². The molecule has 0 unspecified atom stereocenters. The molecule has 17 heavy (non-hydrogen) atoms. The normalized spacial score (nSPS) is 16.0. The first-order valence-electron chi connectivity index (χ1n) is 6.25. The van der Waals surface area contributed by atoms with Crippen LogP contribution in [-0.2, 0) is 0 Å². The van der Waals surface area contributed by atoms with E-state index in [0.717, 1.165) is 18.9 Å². The zero-order valence-electron chi connectivity index (χ0n) is 9.98. The van der Waals surface area contributed by atoms with Crippen LogP contribution in [0.25, 0.3) is 0 Å². The van der Waals surface area contributed by atoms with Gasteiger partial charge in [-0.2, -0.15) is 0 Å². The fourth-order valence-corrected chi connectivity index (χ4v) is 2.35. The summed E-state index contributed by atoms with van der Waals surface area (Å²) in [7, 11) is 0. The van der Waals surface area contributed by atoms with Crippen LogP contribution in [0.4, 0.5) is 5.69 Å². The van der Waals surface area contributed by atoms with Crippen molar-refractivity contribution >= 4 is 11.6 Å². The first-order valence-corrected chi connectivity index (χ1v) is 6.25. The van der Waals surface area contributed by atoms with E-state index in [2.05, 4.69) is 10.3 Å². The van der Waals surface area contributed by atoms with E-state index in [0.29, 0.717) is 11.4 Å². The maximum Gasteiger partial charge on any atom is 0.269 e. The number of carbonyl (C=O) groups is 1. The Hall–Kier alpha value is -1.58. The van der Waals surface area contributed by atoms with E-state index in [-0.39, 0.29) is 5.91 Å². The Morgan fingerprint density at radius 1 is 1.47 bits per heavy atom. The quantitative estimate of drug-likeness (QED) is 0.835. The number of nitrogen functional groups attached to an aromatic ring is 1. The van der Waals surface area contributed by atoms with Gasteiger partial charge in [0.15, 0.2) is 0 Å². The second kappa shape index (κ2) is 5.66. The van der Waals surface area contributed by atoms with Crippen LogP contribution >= 0.6 is 0 Å². The molecule has 1 heterocycles. The molecule has 0 aromatic carbocycles. The van der Waals surface area contributed by atoms with Gasteiger partial charge >= 0.3 is 0 Å². The zero-order valence-corrected chi connectivity index (χ0v) is 9.98. The van der Waals surface area contributed by atoms with Gasteiger partial charge in [-0.3, -0.25) is 9.78 Å². The van der Waals surface area contributed by atoms with Crippen molar-refractivity contribution in [1.29, 1.82) is 0 Å². The lowest BCUT2D eigenvalue weighted by Crippen LogP contribution is -2.26. The molecule has 0 saturated heterocycles. The molecule has 2 rings (SSSR count). The predicted octanol–water partition coefficient (Wildman–Crippen LogP) is 1.97. The van der Waals surface area contributed by atoms with Gasteiger partial charge in [0.25, 0.3) is 5.91 Å². The van der Waals surface area contributed by atoms with Crippen molar-refractivity contribution in [2.45, 2.75) is 32.1 Å². The average molecular weight is 233 g/mol. The molecular formula is C13H19N3O. The van der Waals surface area contributed by atoms with Gasteiger partial charge in [-0.25, -0.2) is 0 Å².